The van der Waals surface area contributed by atoms with Crippen LogP contribution in [0.2, 0.25) is 0 Å². The first kappa shape index (κ1) is 15.2. The van der Waals surface area contributed by atoms with Gasteiger partial charge in [0.25, 0.3) is 5.91 Å². The van der Waals surface area contributed by atoms with Gasteiger partial charge in [-0.1, -0.05) is 6.92 Å². The lowest BCUT2D eigenvalue weighted by molar-refractivity contribution is -0.155. The van der Waals surface area contributed by atoms with Crippen LogP contribution < -0.4 is 10.2 Å². The Morgan fingerprint density at radius 3 is 2.79 bits per heavy atom. The molecule has 2 fully saturated rings. The number of rotatable bonds is 2. The minimum Gasteiger partial charge on any atom is -0.491 e. The summed E-state index contributed by atoms with van der Waals surface area (Å²) in [5.41, 5.74) is -1.09. The van der Waals surface area contributed by atoms with E-state index in [1.54, 1.807) is 4.90 Å². The lowest BCUT2D eigenvalue weighted by Crippen LogP contribution is -2.60. The molecule has 1 saturated carbocycles. The quantitative estimate of drug-likeness (QED) is 0.847. The van der Waals surface area contributed by atoms with Crippen molar-refractivity contribution >= 4 is 11.9 Å². The topological polar surface area (TPSA) is 98.1 Å². The molecule has 1 saturated heterocycles. The molecule has 0 unspecified atom stereocenters. The van der Waals surface area contributed by atoms with E-state index in [2.05, 4.69) is 6.92 Å². The van der Waals surface area contributed by atoms with E-state index >= 15 is 0 Å². The summed E-state index contributed by atoms with van der Waals surface area (Å²) in [6, 6.07) is 0.0777. The van der Waals surface area contributed by atoms with Crippen LogP contribution in [0.15, 0.2) is 11.0 Å². The van der Waals surface area contributed by atoms with Crippen LogP contribution in [0.1, 0.15) is 40.6 Å². The van der Waals surface area contributed by atoms with Crippen molar-refractivity contribution in [3.8, 4) is 5.75 Å². The molecule has 2 aliphatic heterocycles. The number of hydrogen-bond donors (Lipinski definition) is 1. The van der Waals surface area contributed by atoms with Gasteiger partial charge < -0.3 is 24.0 Å². The van der Waals surface area contributed by atoms with Gasteiger partial charge in [-0.05, 0) is 12.8 Å². The molecule has 4 atom stereocenters. The predicted molar refractivity (Wildman–Crippen MR) is 81.2 cm³/mol. The second-order valence-electron chi connectivity index (χ2n) is 6.56. The van der Waals surface area contributed by atoms with Crippen molar-refractivity contribution in [1.82, 2.24) is 9.47 Å². The van der Waals surface area contributed by atoms with Gasteiger partial charge in [-0.15, -0.1) is 0 Å². The van der Waals surface area contributed by atoms with Crippen molar-refractivity contribution in [3.05, 3.63) is 27.7 Å². The van der Waals surface area contributed by atoms with Crippen LogP contribution in [0.3, 0.4) is 0 Å². The van der Waals surface area contributed by atoms with E-state index in [-0.39, 0.29) is 42.0 Å². The summed E-state index contributed by atoms with van der Waals surface area (Å²) < 4.78 is 12.6. The molecule has 24 heavy (non-hydrogen) atoms. The molecule has 8 nitrogen and oxygen atoms in total. The standard InChI is InChI=1S/C16H18N2O6/c1-7-9-3-4-10(7)24-11-6-17-5-8(16(21)22)13(19)14(23-2)12(17)15(20)18(9)11/h5,7,9-11H,3-4,6H2,1-2H3,(H,21,22)/t7-,9-,10+,11+/m1/s1. The third kappa shape index (κ3) is 1.86. The van der Waals surface area contributed by atoms with Gasteiger partial charge in [-0.25, -0.2) is 4.79 Å². The van der Waals surface area contributed by atoms with Gasteiger partial charge in [0.1, 0.15) is 5.56 Å². The molecule has 1 amide bonds. The number of carboxylic acids is 1. The molecule has 3 aliphatic rings. The highest BCUT2D eigenvalue weighted by molar-refractivity contribution is 5.98. The second-order valence-corrected chi connectivity index (χ2v) is 6.56. The van der Waals surface area contributed by atoms with Crippen molar-refractivity contribution in [2.75, 3.05) is 7.11 Å². The van der Waals surface area contributed by atoms with Crippen LogP contribution in [0.5, 0.6) is 5.75 Å². The van der Waals surface area contributed by atoms with E-state index < -0.39 is 23.2 Å². The molecule has 1 aliphatic carbocycles. The van der Waals surface area contributed by atoms with E-state index in [1.165, 1.54) is 17.9 Å². The Kier molecular flexibility index (Phi) is 3.21. The maximum atomic E-state index is 13.1. The van der Waals surface area contributed by atoms with Gasteiger partial charge in [0.2, 0.25) is 5.43 Å². The number of amides is 1. The summed E-state index contributed by atoms with van der Waals surface area (Å²) in [5, 5.41) is 9.22. The van der Waals surface area contributed by atoms with Gasteiger partial charge in [-0.3, -0.25) is 9.59 Å². The lowest BCUT2D eigenvalue weighted by Gasteiger charge is -2.47. The van der Waals surface area contributed by atoms with Crippen LogP contribution in [-0.4, -0.2) is 51.9 Å². The Bertz CT molecular complexity index is 800. The maximum absolute atomic E-state index is 13.1. The monoisotopic (exact) mass is 334 g/mol. The first-order chi connectivity index (χ1) is 11.4. The normalized spacial score (nSPS) is 30.8. The number of pyridine rings is 1. The number of carbonyl (C=O) groups excluding carboxylic acids is 1. The van der Waals surface area contributed by atoms with Gasteiger partial charge in [-0.2, -0.15) is 0 Å². The lowest BCUT2D eigenvalue weighted by atomic mass is 9.98. The van der Waals surface area contributed by atoms with Crippen LogP contribution >= 0.6 is 0 Å². The molecule has 3 heterocycles. The Morgan fingerprint density at radius 2 is 2.12 bits per heavy atom. The predicted octanol–water partition coefficient (Wildman–Crippen LogP) is 0.534. The molecule has 128 valence electrons. The molecule has 0 radical (unpaired) electrons. The first-order valence-electron chi connectivity index (χ1n) is 7.97. The maximum Gasteiger partial charge on any atom is 0.341 e. The number of carboxylic acid groups (broad SMARTS) is 1. The molecule has 4 rings (SSSR count). The van der Waals surface area contributed by atoms with Gasteiger partial charge >= 0.3 is 5.97 Å². The minimum atomic E-state index is -1.35. The summed E-state index contributed by atoms with van der Waals surface area (Å²) in [7, 11) is 1.27. The first-order valence-corrected chi connectivity index (χ1v) is 7.97. The fraction of sp³-hybridized carbons (Fsp3) is 0.562. The molecular formula is C16H18N2O6. The summed E-state index contributed by atoms with van der Waals surface area (Å²) in [6.07, 6.45) is 2.66. The highest BCUT2D eigenvalue weighted by Crippen LogP contribution is 2.42. The van der Waals surface area contributed by atoms with Crippen molar-refractivity contribution in [2.45, 2.75) is 44.7 Å². The summed E-state index contributed by atoms with van der Waals surface area (Å²) >= 11 is 0. The number of carbonyl (C=O) groups is 2. The highest BCUT2D eigenvalue weighted by atomic mass is 16.5. The van der Waals surface area contributed by atoms with Gasteiger partial charge in [0.05, 0.1) is 19.8 Å². The molecule has 1 aromatic heterocycles. The van der Waals surface area contributed by atoms with Crippen LogP contribution in [-0.2, 0) is 11.3 Å². The van der Waals surface area contributed by atoms with E-state index in [0.29, 0.717) is 0 Å². The molecule has 8 heteroatoms. The number of nitrogens with zero attached hydrogens (tertiary/aromatic N) is 2. The average Bonchev–Trinajstić information content (AvgIpc) is 2.78. The highest BCUT2D eigenvalue weighted by Gasteiger charge is 2.51. The zero-order chi connectivity index (χ0) is 17.2. The largest absolute Gasteiger partial charge is 0.491 e. The fourth-order valence-corrected chi connectivity index (χ4v) is 4.22. The van der Waals surface area contributed by atoms with Gasteiger partial charge in [0, 0.05) is 18.2 Å². The molecule has 1 N–H and O–H groups in total. The Balaban J connectivity index is 1.88. The van der Waals surface area contributed by atoms with Gasteiger partial charge in [0.15, 0.2) is 17.7 Å². The molecule has 0 aromatic carbocycles. The number of ether oxygens (including phenoxy) is 2. The zero-order valence-corrected chi connectivity index (χ0v) is 13.4. The molecule has 0 spiro atoms. The van der Waals surface area contributed by atoms with Crippen molar-refractivity contribution in [2.24, 2.45) is 5.92 Å². The Labute approximate surface area is 137 Å². The van der Waals surface area contributed by atoms with E-state index in [1.807, 2.05) is 0 Å². The van der Waals surface area contributed by atoms with Crippen molar-refractivity contribution < 1.29 is 24.2 Å². The Hall–Kier alpha value is -2.35. The van der Waals surface area contributed by atoms with Crippen LogP contribution in [0.4, 0.5) is 0 Å². The minimum absolute atomic E-state index is 0.0777. The number of aromatic nitrogens is 1. The average molecular weight is 334 g/mol. The fourth-order valence-electron chi connectivity index (χ4n) is 4.22. The Morgan fingerprint density at radius 1 is 1.38 bits per heavy atom. The van der Waals surface area contributed by atoms with E-state index in [9.17, 15) is 19.5 Å². The molecular weight excluding hydrogens is 316 g/mol. The SMILES string of the molecule is COc1c2n(cc(C(=O)O)c1=O)C[C@@H]1O[C@H]3CC[C@H]([C@H]3C)N1C2=O. The molecule has 2 bridgehead atoms. The number of fused-ring (bicyclic) bond motifs is 5. The van der Waals surface area contributed by atoms with E-state index in [4.69, 9.17) is 9.47 Å². The third-order valence-electron chi connectivity index (χ3n) is 5.40. The number of hydrogen-bond acceptors (Lipinski definition) is 5. The summed E-state index contributed by atoms with van der Waals surface area (Å²) in [6.45, 7) is 2.36. The van der Waals surface area contributed by atoms with Crippen LogP contribution in [0.25, 0.3) is 0 Å². The summed E-state index contributed by atoms with van der Waals surface area (Å²) in [4.78, 5) is 38.4. The smallest absolute Gasteiger partial charge is 0.341 e. The number of methoxy groups -OCH3 is 1. The molecule has 1 aromatic rings. The summed E-state index contributed by atoms with van der Waals surface area (Å²) in [5.74, 6) is -1.66. The third-order valence-corrected chi connectivity index (χ3v) is 5.40. The van der Waals surface area contributed by atoms with Crippen molar-refractivity contribution in [3.63, 3.8) is 0 Å². The zero-order valence-electron chi connectivity index (χ0n) is 13.4. The van der Waals surface area contributed by atoms with Crippen LogP contribution in [0, 0.1) is 5.92 Å². The van der Waals surface area contributed by atoms with E-state index in [0.717, 1.165) is 12.8 Å². The number of aromatic carboxylic acids is 1. The second kappa shape index (κ2) is 5.07. The van der Waals surface area contributed by atoms with Crippen molar-refractivity contribution in [1.29, 1.82) is 0 Å².